The largest absolute Gasteiger partial charge is 0.479 e. The number of carboxylic acid groups (broad SMARTS) is 2. The third kappa shape index (κ3) is 34.2. The van der Waals surface area contributed by atoms with Crippen molar-refractivity contribution in [3.8, 4) is 0 Å². The molecular formula is C83H98BrCl7N8O19S. The molecule has 6 aromatic carbocycles. The highest BCUT2D eigenvalue weighted by Crippen LogP contribution is 2.40. The van der Waals surface area contributed by atoms with Crippen LogP contribution < -0.4 is 16.4 Å². The average Bonchev–Trinajstić information content (AvgIpc) is 1.71. The molecule has 4 atom stereocenters. The van der Waals surface area contributed by atoms with E-state index in [1.807, 2.05) is 103 Å². The van der Waals surface area contributed by atoms with Gasteiger partial charge in [0.05, 0.1) is 50.7 Å². The zero-order chi connectivity index (χ0) is 88.4. The number of amides is 5. The predicted molar refractivity (Wildman–Crippen MR) is 465 cm³/mol. The van der Waals surface area contributed by atoms with Gasteiger partial charge in [0.15, 0.2) is 22.7 Å². The van der Waals surface area contributed by atoms with Crippen LogP contribution in [0.2, 0.25) is 30.1 Å². The van der Waals surface area contributed by atoms with Crippen LogP contribution in [0.4, 0.5) is 33.9 Å². The number of hydrogen-bond acceptors (Lipinski definition) is 21. The van der Waals surface area contributed by atoms with Gasteiger partial charge in [-0.05, 0) is 236 Å². The summed E-state index contributed by atoms with van der Waals surface area (Å²) in [7, 11) is 0. The SMILES string of the molecule is CCOC(=O)Cl.CCOC(=O)N1CCc2cc(Cl)ccc2C1C(=O)CBr.CCOC(=O)N1CCc2cc(Cl)ccc2C1C(=O)O.CCOC(=O)N1CCc2cc(Cl)ccc2C1C(C)=O.CCOC(=O)N1CCc2cc(Cl)ccc2C1c1csc(NC(C)C)n1.CCOC(=O)NCCc1cccc(Cl)c1.NCCc1cccc(Cl)c1.O=CC(=O)O. The summed E-state index contributed by atoms with van der Waals surface area (Å²) in [6.45, 7) is 21.1. The first-order chi connectivity index (χ1) is 56.7. The fourth-order valence-corrected chi connectivity index (χ4v) is 14.8. The lowest BCUT2D eigenvalue weighted by Gasteiger charge is -2.35. The van der Waals surface area contributed by atoms with Gasteiger partial charge in [-0.1, -0.05) is 134 Å². The molecule has 119 heavy (non-hydrogen) atoms. The summed E-state index contributed by atoms with van der Waals surface area (Å²) >= 11 is 45.0. The smallest absolute Gasteiger partial charge is 0.410 e. The first kappa shape index (κ1) is 102. The van der Waals surface area contributed by atoms with Crippen molar-refractivity contribution in [1.82, 2.24) is 29.9 Å². The Morgan fingerprint density at radius 1 is 0.529 bits per heavy atom. The van der Waals surface area contributed by atoms with Crippen molar-refractivity contribution in [3.63, 3.8) is 0 Å². The van der Waals surface area contributed by atoms with Crippen LogP contribution in [-0.4, -0.2) is 191 Å². The van der Waals surface area contributed by atoms with E-state index in [9.17, 15) is 48.3 Å². The number of nitrogens with two attached hydrogens (primary N) is 1. The van der Waals surface area contributed by atoms with E-state index < -0.39 is 53.8 Å². The number of nitrogens with one attached hydrogen (secondary N) is 2. The van der Waals surface area contributed by atoms with Gasteiger partial charge in [-0.2, -0.15) is 0 Å². The molecule has 0 saturated heterocycles. The van der Waals surface area contributed by atoms with E-state index in [1.165, 1.54) is 27.2 Å². The van der Waals surface area contributed by atoms with E-state index in [4.69, 9.17) is 130 Å². The second-order valence-corrected chi connectivity index (χ2v) is 30.1. The number of carbonyl (C=O) groups is 11. The lowest BCUT2D eigenvalue weighted by molar-refractivity contribution is -0.143. The van der Waals surface area contributed by atoms with Crippen LogP contribution in [0.5, 0.6) is 0 Å². The molecular weight excluding hydrogens is 1770 g/mol. The number of fused-ring (bicyclic) bond motifs is 4. The molecule has 0 saturated carbocycles. The van der Waals surface area contributed by atoms with Gasteiger partial charge in [0.1, 0.15) is 18.1 Å². The summed E-state index contributed by atoms with van der Waals surface area (Å²) in [6, 6.07) is 34.9. The van der Waals surface area contributed by atoms with Crippen LogP contribution >= 0.6 is 108 Å². The number of aldehydes is 1. The van der Waals surface area contributed by atoms with E-state index in [0.29, 0.717) is 122 Å². The minimum Gasteiger partial charge on any atom is -0.479 e. The Kier molecular flexibility index (Phi) is 46.7. The number of hydrogen-bond donors (Lipinski definition) is 5. The highest BCUT2D eigenvalue weighted by molar-refractivity contribution is 9.09. The number of halogens is 8. The maximum absolute atomic E-state index is 12.5. The van der Waals surface area contributed by atoms with E-state index in [-0.39, 0.29) is 54.6 Å². The van der Waals surface area contributed by atoms with Gasteiger partial charge in [-0.25, -0.2) is 43.3 Å². The Labute approximate surface area is 739 Å². The van der Waals surface area contributed by atoms with Crippen molar-refractivity contribution in [2.24, 2.45) is 5.73 Å². The molecule has 5 amide bonds. The summed E-state index contributed by atoms with van der Waals surface area (Å²) in [5.41, 5.74) is 15.2. The number of ether oxygens (including phenoxy) is 6. The van der Waals surface area contributed by atoms with Crippen molar-refractivity contribution in [2.75, 3.05) is 89.6 Å². The van der Waals surface area contributed by atoms with Crippen LogP contribution in [0.15, 0.2) is 127 Å². The van der Waals surface area contributed by atoms with Crippen molar-refractivity contribution in [2.45, 2.75) is 131 Å². The number of anilines is 1. The minimum atomic E-state index is -1.43. The van der Waals surface area contributed by atoms with Gasteiger partial charge in [0, 0.05) is 85.9 Å². The predicted octanol–water partition coefficient (Wildman–Crippen LogP) is 18.7. The summed E-state index contributed by atoms with van der Waals surface area (Å²) in [4.78, 5) is 133. The normalized spacial score (nSPS) is 14.8. The molecule has 0 radical (unpaired) electrons. The monoisotopic (exact) mass is 1870 g/mol. The maximum atomic E-state index is 12.5. The fourth-order valence-electron chi connectivity index (χ4n) is 12.3. The van der Waals surface area contributed by atoms with Crippen LogP contribution in [-0.2, 0) is 90.9 Å². The number of alkyl carbamates (subject to hydrolysis) is 1. The molecule has 1 aromatic heterocycles. The lowest BCUT2D eigenvalue weighted by Crippen LogP contribution is -2.44. The quantitative estimate of drug-likeness (QED) is 0.0165. The molecule has 11 rings (SSSR count). The van der Waals surface area contributed by atoms with Gasteiger partial charge in [0.2, 0.25) is 6.29 Å². The minimum absolute atomic E-state index is 0.0682. The molecule has 36 heteroatoms. The molecule has 27 nitrogen and oxygen atoms in total. The zero-order valence-corrected chi connectivity index (χ0v) is 74.8. The van der Waals surface area contributed by atoms with Crippen LogP contribution in [0, 0.1) is 0 Å². The van der Waals surface area contributed by atoms with Crippen molar-refractivity contribution in [1.29, 1.82) is 0 Å². The lowest BCUT2D eigenvalue weighted by atomic mass is 9.91. The number of Topliss-reactive ketones (excluding diaryl/α,β-unsaturated/α-hetero) is 2. The number of rotatable bonds is 19. The molecule has 4 aliphatic rings. The van der Waals surface area contributed by atoms with Gasteiger partial charge in [-0.3, -0.25) is 34.0 Å². The van der Waals surface area contributed by atoms with Gasteiger partial charge in [-0.15, -0.1) is 11.3 Å². The molecule has 7 aromatic rings. The molecule has 5 heterocycles. The number of thiazole rings is 1. The molecule has 0 fully saturated rings. The Bertz CT molecular complexity index is 4440. The van der Waals surface area contributed by atoms with Crippen LogP contribution in [0.25, 0.3) is 0 Å². The van der Waals surface area contributed by atoms with Crippen molar-refractivity contribution >= 4 is 179 Å². The summed E-state index contributed by atoms with van der Waals surface area (Å²) in [6.07, 6.45) is 1.98. The molecule has 0 aliphatic carbocycles. The third-order valence-electron chi connectivity index (χ3n) is 17.1. The second kappa shape index (κ2) is 54.3. The first-order valence-electron chi connectivity index (χ1n) is 37.8. The highest BCUT2D eigenvalue weighted by Gasteiger charge is 2.40. The van der Waals surface area contributed by atoms with Crippen molar-refractivity contribution < 1.29 is 91.4 Å². The summed E-state index contributed by atoms with van der Waals surface area (Å²) in [5, 5.41) is 29.8. The number of ketones is 2. The first-order valence-corrected chi connectivity index (χ1v) is 42.4. The molecule has 0 spiro atoms. The Balaban J connectivity index is 0.000000296. The molecule has 0 bridgehead atoms. The van der Waals surface area contributed by atoms with Crippen LogP contribution in [0.1, 0.15) is 148 Å². The molecule has 646 valence electrons. The number of carboxylic acids is 2. The molecule has 4 aliphatic heterocycles. The Hall–Kier alpha value is -9.01. The van der Waals surface area contributed by atoms with Crippen LogP contribution in [0.3, 0.4) is 0 Å². The number of alkyl halides is 1. The maximum Gasteiger partial charge on any atom is 0.410 e. The number of carbonyl (C=O) groups excluding carboxylic acids is 9. The standard InChI is InChI=1S/C18H22ClN3O2S.C14H15BrClNO3.C14H16ClNO3.C13H14ClNO4.C11H14ClNO2.C8H10ClN.C3H5ClO2.C2H2O3/c1-4-24-18(23)22-8-7-12-9-13(19)5-6-14(12)16(22)15-10-25-17(21-15)20-11(2)3;1-2-20-14(19)17-6-5-9-7-10(16)3-4-11(9)13(17)12(18)8-15;1-3-19-14(18)16-7-6-10-8-11(15)4-5-12(10)13(16)9(2)17;1-2-19-13(18)15-6-5-8-7-9(14)3-4-10(8)11(15)12(16)17;1-2-15-11(14)13-7-6-9-4-3-5-10(12)8-9;9-8-3-1-2-7(6-8)4-5-10;1-2-6-3(4)5;3-1-2(4)5/h5-6,9-11,16H,4,7-8H2,1-3H3,(H,20,21);3-4,7,13H,2,5-6,8H2,1H3;4-5,8,13H,3,6-7H2,1-2H3;3-4,7,11H,2,5-6H2,1H3,(H,16,17);3-5,8H,2,6-7H2,1H3,(H,13,14);1-3,6H,4-5,10H2;2H2,1H3;1H,(H,4,5). The summed E-state index contributed by atoms with van der Waals surface area (Å²) < 4.78 is 29.1. The van der Waals surface area contributed by atoms with Gasteiger partial charge >= 0.3 is 47.8 Å². The van der Waals surface area contributed by atoms with E-state index in [0.717, 1.165) is 79.6 Å². The highest BCUT2D eigenvalue weighted by atomic mass is 79.9. The van der Waals surface area contributed by atoms with E-state index in [1.54, 1.807) is 81.2 Å². The van der Waals surface area contributed by atoms with E-state index >= 15 is 0 Å². The number of benzene rings is 6. The zero-order valence-electron chi connectivity index (χ0n) is 67.1. The van der Waals surface area contributed by atoms with Gasteiger partial charge < -0.3 is 55.0 Å². The second-order valence-electron chi connectivity index (χ2n) is 25.8. The average molecular weight is 1870 g/mol. The molecule has 4 unspecified atom stereocenters. The Morgan fingerprint density at radius 3 is 1.27 bits per heavy atom. The molecule has 6 N–H and O–H groups in total. The Morgan fingerprint density at radius 2 is 0.899 bits per heavy atom. The number of aromatic nitrogens is 1. The van der Waals surface area contributed by atoms with E-state index in [2.05, 4.69) is 45.1 Å². The topological polar surface area (TPSA) is 360 Å². The number of aliphatic carboxylic acids is 2. The third-order valence-corrected chi connectivity index (χ3v) is 20.0. The van der Waals surface area contributed by atoms with Crippen molar-refractivity contribution in [3.05, 3.63) is 218 Å². The fraction of sp³-hybridized carbons (Fsp3) is 0.398. The summed E-state index contributed by atoms with van der Waals surface area (Å²) in [5.74, 6) is -2.64. The van der Waals surface area contributed by atoms with Gasteiger partial charge in [0.25, 0.3) is 0 Å². The number of nitrogens with zero attached hydrogens (tertiary/aromatic N) is 5.